The van der Waals surface area contributed by atoms with Gasteiger partial charge in [0.2, 0.25) is 5.88 Å². The third-order valence-corrected chi connectivity index (χ3v) is 8.56. The normalized spacial score (nSPS) is 22.8. The van der Waals surface area contributed by atoms with E-state index in [1.807, 2.05) is 6.07 Å². The van der Waals surface area contributed by atoms with Crippen LogP contribution >= 0.6 is 0 Å². The maximum Gasteiger partial charge on any atom is 0.335 e. The van der Waals surface area contributed by atoms with E-state index in [4.69, 9.17) is 24.5 Å². The molecule has 1 aliphatic carbocycles. The van der Waals surface area contributed by atoms with E-state index >= 15 is 0 Å². The fourth-order valence-electron chi connectivity index (χ4n) is 6.28. The van der Waals surface area contributed by atoms with Crippen molar-refractivity contribution in [2.24, 2.45) is 5.92 Å². The molecule has 3 fully saturated rings. The molecular formula is C31H29FN6O5. The fraction of sp³-hybridized carbons (Fsp3) is 0.387. The van der Waals surface area contributed by atoms with Crippen LogP contribution in [0.5, 0.6) is 11.6 Å². The molecular weight excluding hydrogens is 555 g/mol. The zero-order valence-electron chi connectivity index (χ0n) is 23.2. The van der Waals surface area contributed by atoms with Crippen LogP contribution in [0.25, 0.3) is 11.0 Å². The highest BCUT2D eigenvalue weighted by Gasteiger charge is 2.46. The first-order valence-corrected chi connectivity index (χ1v) is 14.3. The van der Waals surface area contributed by atoms with E-state index in [2.05, 4.69) is 19.4 Å². The smallest absolute Gasteiger partial charge is 0.335 e. The first-order valence-electron chi connectivity index (χ1n) is 14.3. The van der Waals surface area contributed by atoms with E-state index < -0.39 is 11.8 Å². The number of nitrogens with zero attached hydrogens (tertiary/aromatic N) is 6. The van der Waals surface area contributed by atoms with Gasteiger partial charge in [0.15, 0.2) is 17.4 Å². The first-order chi connectivity index (χ1) is 20.9. The number of hydrogen-bond donors (Lipinski definition) is 1. The SMILES string of the molecule is N#Cc1ccc(OCc2nccc(O[C@@H]3C[C@@H]4C[C@H]3CN4Cc3nc4ccc(C(=O)O)cc4n3C[C@@H]3CCO3)n2)c(F)c1. The van der Waals surface area contributed by atoms with E-state index in [1.165, 1.54) is 12.1 Å². The summed E-state index contributed by atoms with van der Waals surface area (Å²) in [5.74, 6) is 0.521. The first kappa shape index (κ1) is 27.2. The summed E-state index contributed by atoms with van der Waals surface area (Å²) in [7, 11) is 0. The highest BCUT2D eigenvalue weighted by Crippen LogP contribution is 2.40. The van der Waals surface area contributed by atoms with Gasteiger partial charge in [-0.3, -0.25) is 4.90 Å². The number of aromatic nitrogens is 4. The number of carboxylic acid groups (broad SMARTS) is 1. The molecule has 220 valence electrons. The number of piperidine rings is 1. The summed E-state index contributed by atoms with van der Waals surface area (Å²) in [4.78, 5) is 27.6. The standard InChI is InChI=1S/C31H29FN6O5/c32-23-9-18(13-33)1-4-26(23)42-17-28-34-7-5-30(36-28)43-27-12-21-10-20(27)14-37(21)16-29-35-24-3-2-19(31(39)40)11-25(24)38(29)15-22-6-8-41-22/h1-5,7,9,11,20-22,27H,6,8,10,12,14-17H2,(H,39,40)/t20-,21-,22-,27+/m0/s1. The maximum atomic E-state index is 14.2. The van der Waals surface area contributed by atoms with Crippen molar-refractivity contribution in [2.45, 2.75) is 57.2 Å². The molecule has 2 bridgehead atoms. The number of carbonyl (C=O) groups is 1. The fourth-order valence-corrected chi connectivity index (χ4v) is 6.28. The second kappa shape index (κ2) is 11.2. The zero-order chi connectivity index (χ0) is 29.5. The third kappa shape index (κ3) is 5.49. The Hall–Kier alpha value is -4.60. The van der Waals surface area contributed by atoms with Crippen molar-refractivity contribution in [3.05, 3.63) is 77.3 Å². The average molecular weight is 585 g/mol. The van der Waals surface area contributed by atoms with Gasteiger partial charge in [-0.15, -0.1) is 0 Å². The molecule has 4 heterocycles. The molecule has 2 aromatic carbocycles. The molecule has 2 saturated heterocycles. The van der Waals surface area contributed by atoms with Gasteiger partial charge in [-0.25, -0.2) is 19.2 Å². The largest absolute Gasteiger partial charge is 0.483 e. The van der Waals surface area contributed by atoms with Gasteiger partial charge in [0, 0.05) is 43.8 Å². The van der Waals surface area contributed by atoms with Gasteiger partial charge in [-0.1, -0.05) is 0 Å². The number of carboxylic acids is 1. The van der Waals surface area contributed by atoms with Crippen molar-refractivity contribution < 1.29 is 28.5 Å². The number of fused-ring (bicyclic) bond motifs is 3. The Morgan fingerprint density at radius 2 is 2.07 bits per heavy atom. The predicted octanol–water partition coefficient (Wildman–Crippen LogP) is 3.94. The highest BCUT2D eigenvalue weighted by atomic mass is 19.1. The summed E-state index contributed by atoms with van der Waals surface area (Å²) < 4.78 is 33.8. The van der Waals surface area contributed by atoms with Gasteiger partial charge >= 0.3 is 5.97 Å². The van der Waals surface area contributed by atoms with E-state index in [0.29, 0.717) is 36.8 Å². The molecule has 0 radical (unpaired) electrons. The monoisotopic (exact) mass is 584 g/mol. The van der Waals surface area contributed by atoms with E-state index in [-0.39, 0.29) is 35.7 Å². The minimum Gasteiger partial charge on any atom is -0.483 e. The zero-order valence-corrected chi connectivity index (χ0v) is 23.2. The minimum atomic E-state index is -0.956. The Kier molecular flexibility index (Phi) is 7.12. The Bertz CT molecular complexity index is 1730. The second-order valence-corrected chi connectivity index (χ2v) is 11.3. The average Bonchev–Trinajstić information content (AvgIpc) is 3.66. The van der Waals surface area contributed by atoms with Crippen molar-refractivity contribution in [3.63, 3.8) is 0 Å². The van der Waals surface area contributed by atoms with Crippen LogP contribution in [0.4, 0.5) is 4.39 Å². The molecule has 2 aromatic heterocycles. The van der Waals surface area contributed by atoms with Crippen molar-refractivity contribution in [2.75, 3.05) is 13.2 Å². The van der Waals surface area contributed by atoms with E-state index in [0.717, 1.165) is 55.3 Å². The number of hydrogen-bond acceptors (Lipinski definition) is 9. The Morgan fingerprint density at radius 3 is 2.79 bits per heavy atom. The lowest BCUT2D eigenvalue weighted by Crippen LogP contribution is -2.40. The lowest BCUT2D eigenvalue weighted by atomic mass is 10.1. The molecule has 3 aliphatic rings. The summed E-state index contributed by atoms with van der Waals surface area (Å²) in [5.41, 5.74) is 2.07. The molecule has 1 N–H and O–H groups in total. The molecule has 11 nitrogen and oxygen atoms in total. The highest BCUT2D eigenvalue weighted by molar-refractivity contribution is 5.92. The van der Waals surface area contributed by atoms with Gasteiger partial charge in [-0.05, 0) is 49.2 Å². The Balaban J connectivity index is 0.997. The van der Waals surface area contributed by atoms with E-state index in [9.17, 15) is 14.3 Å². The van der Waals surface area contributed by atoms with Gasteiger partial charge in [0.05, 0.1) is 47.4 Å². The number of rotatable bonds is 10. The molecule has 2 aliphatic heterocycles. The maximum absolute atomic E-state index is 14.2. The molecule has 7 rings (SSSR count). The number of halogens is 1. The van der Waals surface area contributed by atoms with Crippen LogP contribution in [0.3, 0.4) is 0 Å². The second-order valence-electron chi connectivity index (χ2n) is 11.3. The summed E-state index contributed by atoms with van der Waals surface area (Å²) in [6.45, 7) is 2.89. The lowest BCUT2D eigenvalue weighted by molar-refractivity contribution is -0.0592. The van der Waals surface area contributed by atoms with Crippen LogP contribution in [0.15, 0.2) is 48.7 Å². The van der Waals surface area contributed by atoms with Crippen LogP contribution in [0.1, 0.15) is 46.8 Å². The molecule has 4 atom stereocenters. The number of nitriles is 1. The van der Waals surface area contributed by atoms with Crippen molar-refractivity contribution in [3.8, 4) is 17.7 Å². The third-order valence-electron chi connectivity index (χ3n) is 8.56. The molecule has 4 aromatic rings. The van der Waals surface area contributed by atoms with E-state index in [1.54, 1.807) is 30.5 Å². The Morgan fingerprint density at radius 1 is 1.19 bits per heavy atom. The molecule has 0 spiro atoms. The van der Waals surface area contributed by atoms with Crippen molar-refractivity contribution in [1.82, 2.24) is 24.4 Å². The number of likely N-dealkylation sites (tertiary alicyclic amines) is 1. The summed E-state index contributed by atoms with van der Waals surface area (Å²) in [5, 5.41) is 18.4. The minimum absolute atomic E-state index is 0.0150. The molecule has 0 unspecified atom stereocenters. The Labute approximate surface area is 246 Å². The quantitative estimate of drug-likeness (QED) is 0.292. The van der Waals surface area contributed by atoms with Crippen LogP contribution in [0, 0.1) is 23.1 Å². The number of imidazole rings is 1. The van der Waals surface area contributed by atoms with Gasteiger partial charge in [0.25, 0.3) is 0 Å². The predicted molar refractivity (Wildman–Crippen MR) is 150 cm³/mol. The molecule has 43 heavy (non-hydrogen) atoms. The molecule has 12 heteroatoms. The number of aromatic carboxylic acids is 1. The number of benzene rings is 2. The van der Waals surface area contributed by atoms with Crippen molar-refractivity contribution in [1.29, 1.82) is 5.26 Å². The van der Waals surface area contributed by atoms with Crippen LogP contribution in [0.2, 0.25) is 0 Å². The van der Waals surface area contributed by atoms with Crippen LogP contribution in [-0.4, -0.2) is 66.9 Å². The van der Waals surface area contributed by atoms with Crippen LogP contribution in [-0.2, 0) is 24.4 Å². The summed E-state index contributed by atoms with van der Waals surface area (Å²) in [6, 6.07) is 13.1. The van der Waals surface area contributed by atoms with Gasteiger partial charge < -0.3 is 23.9 Å². The molecule has 1 saturated carbocycles. The molecule has 0 amide bonds. The summed E-state index contributed by atoms with van der Waals surface area (Å²) in [6.07, 6.45) is 4.58. The van der Waals surface area contributed by atoms with Crippen molar-refractivity contribution >= 4 is 17.0 Å². The summed E-state index contributed by atoms with van der Waals surface area (Å²) >= 11 is 0. The number of ether oxygens (including phenoxy) is 3. The van der Waals surface area contributed by atoms with Gasteiger partial charge in [-0.2, -0.15) is 10.2 Å². The lowest BCUT2D eigenvalue weighted by Gasteiger charge is -2.32. The topological polar surface area (TPSA) is 136 Å². The van der Waals surface area contributed by atoms with Gasteiger partial charge in [0.1, 0.15) is 18.5 Å². The van der Waals surface area contributed by atoms with Crippen LogP contribution < -0.4 is 9.47 Å².